The molecular weight excluding hydrogens is 515 g/mol. The van der Waals surface area contributed by atoms with Crippen molar-refractivity contribution >= 4 is 17.5 Å². The fourth-order valence-electron chi connectivity index (χ4n) is 4.10. The molecule has 1 unspecified atom stereocenters. The van der Waals surface area contributed by atoms with Gasteiger partial charge in [-0.3, -0.25) is 9.69 Å². The summed E-state index contributed by atoms with van der Waals surface area (Å²) in [6, 6.07) is 15.1. The Bertz CT molecular complexity index is 1210. The Morgan fingerprint density at radius 2 is 1.54 bits per heavy atom. The van der Waals surface area contributed by atoms with Crippen LogP contribution in [0.25, 0.3) is 0 Å². The van der Waals surface area contributed by atoms with E-state index < -0.39 is 29.5 Å². The second-order valence-corrected chi connectivity index (χ2v) is 9.20. The van der Waals surface area contributed by atoms with Crippen LogP contribution >= 0.6 is 11.6 Å². The lowest BCUT2D eigenvalue weighted by Gasteiger charge is -2.36. The van der Waals surface area contributed by atoms with Crippen molar-refractivity contribution in [2.45, 2.75) is 18.9 Å². The van der Waals surface area contributed by atoms with Crippen LogP contribution in [0.1, 0.15) is 33.2 Å². The van der Waals surface area contributed by atoms with E-state index in [0.29, 0.717) is 43.3 Å². The van der Waals surface area contributed by atoms with Gasteiger partial charge in [0.2, 0.25) is 0 Å². The minimum Gasteiger partial charge on any atom is -0.368 e. The van der Waals surface area contributed by atoms with Gasteiger partial charge < -0.3 is 9.64 Å². The highest BCUT2D eigenvalue weighted by molar-refractivity contribution is 6.30. The second kappa shape index (κ2) is 11.6. The lowest BCUT2D eigenvalue weighted by atomic mass is 10.1. The summed E-state index contributed by atoms with van der Waals surface area (Å²) >= 11 is 6.02. The third-order valence-electron chi connectivity index (χ3n) is 6.22. The van der Waals surface area contributed by atoms with Gasteiger partial charge in [0.25, 0.3) is 5.91 Å². The van der Waals surface area contributed by atoms with Crippen LogP contribution in [0.5, 0.6) is 0 Å². The molecule has 1 heterocycles. The molecule has 1 amide bonds. The van der Waals surface area contributed by atoms with Gasteiger partial charge in [-0.25, -0.2) is 8.78 Å². The fraction of sp³-hybridized carbons (Fsp3) is 0.296. The van der Waals surface area contributed by atoms with Gasteiger partial charge in [0.05, 0.1) is 18.3 Å². The Labute approximate surface area is 216 Å². The Balaban J connectivity index is 1.38. The Hall–Kier alpha value is -3.01. The van der Waals surface area contributed by atoms with Crippen LogP contribution in [0.4, 0.5) is 22.0 Å². The zero-order valence-corrected chi connectivity index (χ0v) is 20.4. The van der Waals surface area contributed by atoms with E-state index in [9.17, 15) is 26.7 Å². The lowest BCUT2D eigenvalue weighted by Crippen LogP contribution is -2.49. The third-order valence-corrected chi connectivity index (χ3v) is 6.48. The number of amides is 1. The number of ether oxygens (including phenoxy) is 1. The highest BCUT2D eigenvalue weighted by Gasteiger charge is 2.30. The number of rotatable bonds is 7. The monoisotopic (exact) mass is 538 g/mol. The van der Waals surface area contributed by atoms with E-state index in [4.69, 9.17) is 16.3 Å². The lowest BCUT2D eigenvalue weighted by molar-refractivity contribution is -0.137. The molecule has 0 radical (unpaired) electrons. The maximum Gasteiger partial charge on any atom is 0.416 e. The number of hydrogen-bond donors (Lipinski definition) is 0. The summed E-state index contributed by atoms with van der Waals surface area (Å²) in [4.78, 5) is 16.4. The summed E-state index contributed by atoms with van der Waals surface area (Å²) in [6.45, 7) is 2.44. The van der Waals surface area contributed by atoms with E-state index >= 15 is 0 Å². The molecule has 1 aliphatic rings. The molecule has 37 heavy (non-hydrogen) atoms. The molecule has 196 valence electrons. The molecule has 0 saturated carbocycles. The quantitative estimate of drug-likeness (QED) is 0.329. The average Bonchev–Trinajstić information content (AvgIpc) is 2.88. The predicted octanol–water partition coefficient (Wildman–Crippen LogP) is 6.35. The molecule has 4 rings (SSSR count). The van der Waals surface area contributed by atoms with E-state index in [-0.39, 0.29) is 18.1 Å². The van der Waals surface area contributed by atoms with Gasteiger partial charge in [0.15, 0.2) is 11.6 Å². The van der Waals surface area contributed by atoms with Crippen molar-refractivity contribution in [3.05, 3.63) is 106 Å². The van der Waals surface area contributed by atoms with Gasteiger partial charge in [0, 0.05) is 43.3 Å². The van der Waals surface area contributed by atoms with Crippen LogP contribution in [0.3, 0.4) is 0 Å². The van der Waals surface area contributed by atoms with Crippen molar-refractivity contribution in [1.82, 2.24) is 9.80 Å². The summed E-state index contributed by atoms with van der Waals surface area (Å²) < 4.78 is 71.4. The SMILES string of the molecule is O=C(c1ccc(F)c(F)c1)N1CCN(CC(OCc2ccc(C(F)(F)F)cc2)c2ccc(Cl)cc2)CC1. The number of nitrogens with zero attached hydrogens (tertiary/aromatic N) is 2. The van der Waals surface area contributed by atoms with Gasteiger partial charge >= 0.3 is 6.18 Å². The average molecular weight is 539 g/mol. The Kier molecular flexibility index (Phi) is 8.46. The number of hydrogen-bond acceptors (Lipinski definition) is 3. The molecule has 4 nitrogen and oxygen atoms in total. The minimum absolute atomic E-state index is 0.0891. The van der Waals surface area contributed by atoms with Crippen molar-refractivity contribution in [3.8, 4) is 0 Å². The number of halogens is 6. The molecular formula is C27H24ClF5N2O2. The first-order valence-corrected chi connectivity index (χ1v) is 12.0. The zero-order valence-electron chi connectivity index (χ0n) is 19.6. The molecule has 0 aliphatic carbocycles. The van der Waals surface area contributed by atoms with Crippen molar-refractivity contribution in [3.63, 3.8) is 0 Å². The number of alkyl halides is 3. The minimum atomic E-state index is -4.40. The topological polar surface area (TPSA) is 32.8 Å². The van der Waals surface area contributed by atoms with Crippen LogP contribution < -0.4 is 0 Å². The summed E-state index contributed by atoms with van der Waals surface area (Å²) in [5.41, 5.74) is 0.832. The first-order chi connectivity index (χ1) is 17.6. The second-order valence-electron chi connectivity index (χ2n) is 8.77. The van der Waals surface area contributed by atoms with Gasteiger partial charge in [-0.1, -0.05) is 35.9 Å². The highest BCUT2D eigenvalue weighted by atomic mass is 35.5. The molecule has 0 spiro atoms. The van der Waals surface area contributed by atoms with E-state index in [1.807, 2.05) is 12.1 Å². The largest absolute Gasteiger partial charge is 0.416 e. The van der Waals surface area contributed by atoms with E-state index in [2.05, 4.69) is 4.90 Å². The van der Waals surface area contributed by atoms with E-state index in [1.165, 1.54) is 18.2 Å². The van der Waals surface area contributed by atoms with Crippen LogP contribution in [-0.2, 0) is 17.5 Å². The van der Waals surface area contributed by atoms with Crippen LogP contribution in [0.15, 0.2) is 66.7 Å². The van der Waals surface area contributed by atoms with Gasteiger partial charge in [-0.05, 0) is 53.6 Å². The molecule has 0 N–H and O–H groups in total. The standard InChI is InChI=1S/C27H24ClF5N2O2/c28-22-8-3-19(4-9-22)25(37-17-18-1-6-21(7-2-18)27(31,32)33)16-34-11-13-35(14-12-34)26(36)20-5-10-23(29)24(30)15-20/h1-10,15,25H,11-14,16-17H2. The van der Waals surface area contributed by atoms with Crippen LogP contribution in [-0.4, -0.2) is 48.4 Å². The number of benzene rings is 3. The molecule has 1 saturated heterocycles. The molecule has 1 fully saturated rings. The van der Waals surface area contributed by atoms with Crippen molar-refractivity contribution in [2.24, 2.45) is 0 Å². The molecule has 10 heteroatoms. The van der Waals surface area contributed by atoms with Gasteiger partial charge in [0.1, 0.15) is 0 Å². The van der Waals surface area contributed by atoms with Crippen LogP contribution in [0, 0.1) is 11.6 Å². The van der Waals surface area contributed by atoms with Gasteiger partial charge in [-0.2, -0.15) is 13.2 Å². The summed E-state index contributed by atoms with van der Waals surface area (Å²) in [5, 5.41) is 0.564. The smallest absolute Gasteiger partial charge is 0.368 e. The molecule has 3 aromatic rings. The molecule has 0 aromatic heterocycles. The number of carbonyl (C=O) groups excluding carboxylic acids is 1. The summed E-state index contributed by atoms with van der Waals surface area (Å²) in [7, 11) is 0. The van der Waals surface area contributed by atoms with E-state index in [0.717, 1.165) is 29.8 Å². The summed E-state index contributed by atoms with van der Waals surface area (Å²) in [5.74, 6) is -2.45. The van der Waals surface area contributed by atoms with Crippen LogP contribution in [0.2, 0.25) is 5.02 Å². The normalized spacial score (nSPS) is 15.6. The number of piperazine rings is 1. The van der Waals surface area contributed by atoms with E-state index in [1.54, 1.807) is 17.0 Å². The highest BCUT2D eigenvalue weighted by Crippen LogP contribution is 2.30. The molecule has 1 atom stereocenters. The number of carbonyl (C=O) groups is 1. The first kappa shape index (κ1) is 27.0. The van der Waals surface area contributed by atoms with Crippen molar-refractivity contribution < 1.29 is 31.5 Å². The zero-order chi connectivity index (χ0) is 26.6. The Morgan fingerprint density at radius 3 is 2.14 bits per heavy atom. The molecule has 3 aromatic carbocycles. The van der Waals surface area contributed by atoms with Crippen molar-refractivity contribution in [2.75, 3.05) is 32.7 Å². The summed E-state index contributed by atoms with van der Waals surface area (Å²) in [6.07, 6.45) is -4.80. The fourth-order valence-corrected chi connectivity index (χ4v) is 4.22. The first-order valence-electron chi connectivity index (χ1n) is 11.6. The maximum atomic E-state index is 13.5. The van der Waals surface area contributed by atoms with Gasteiger partial charge in [-0.15, -0.1) is 0 Å². The Morgan fingerprint density at radius 1 is 0.892 bits per heavy atom. The van der Waals surface area contributed by atoms with Crippen molar-refractivity contribution in [1.29, 1.82) is 0 Å². The molecule has 1 aliphatic heterocycles. The predicted molar refractivity (Wildman–Crippen MR) is 129 cm³/mol. The maximum absolute atomic E-state index is 13.5. The molecule has 0 bridgehead atoms. The third kappa shape index (κ3) is 7.06.